The predicted molar refractivity (Wildman–Crippen MR) is 145 cm³/mol. The number of rotatable bonds is 9. The number of benzene rings is 2. The van der Waals surface area contributed by atoms with E-state index in [9.17, 15) is 10.1 Å². The van der Waals surface area contributed by atoms with E-state index < -0.39 is 0 Å². The van der Waals surface area contributed by atoms with Crippen molar-refractivity contribution in [3.63, 3.8) is 0 Å². The highest BCUT2D eigenvalue weighted by atomic mass is 35.5. The van der Waals surface area contributed by atoms with Gasteiger partial charge in [-0.15, -0.1) is 11.8 Å². The van der Waals surface area contributed by atoms with E-state index in [0.717, 1.165) is 36.9 Å². The summed E-state index contributed by atoms with van der Waals surface area (Å²) >= 11 is 7.42. The van der Waals surface area contributed by atoms with Crippen molar-refractivity contribution in [3.05, 3.63) is 75.5 Å². The lowest BCUT2D eigenvalue weighted by Gasteiger charge is -2.17. The zero-order valence-corrected chi connectivity index (χ0v) is 21.3. The van der Waals surface area contributed by atoms with Crippen LogP contribution in [0.1, 0.15) is 38.2 Å². The summed E-state index contributed by atoms with van der Waals surface area (Å²) in [6.45, 7) is 2.67. The fourth-order valence-electron chi connectivity index (χ4n) is 3.98. The third-order valence-corrected chi connectivity index (χ3v) is 6.69. The Labute approximate surface area is 214 Å². The van der Waals surface area contributed by atoms with Crippen LogP contribution in [0.5, 0.6) is 0 Å². The molecule has 0 saturated heterocycles. The van der Waals surface area contributed by atoms with Crippen LogP contribution in [-0.4, -0.2) is 20.8 Å². The maximum Gasteiger partial charge on any atom is 0.265 e. The van der Waals surface area contributed by atoms with Gasteiger partial charge in [0.2, 0.25) is 5.95 Å². The van der Waals surface area contributed by atoms with Crippen LogP contribution >= 0.6 is 23.4 Å². The van der Waals surface area contributed by atoms with Gasteiger partial charge in [0.05, 0.1) is 11.1 Å². The molecule has 0 aliphatic heterocycles. The van der Waals surface area contributed by atoms with E-state index in [-0.39, 0.29) is 5.56 Å². The molecule has 0 radical (unpaired) electrons. The van der Waals surface area contributed by atoms with Crippen LogP contribution in [0.3, 0.4) is 0 Å². The largest absolute Gasteiger partial charge is 0.326 e. The zero-order chi connectivity index (χ0) is 24.8. The number of aromatic nitrogens is 3. The molecular weight excluding hydrogens is 478 g/mol. The van der Waals surface area contributed by atoms with E-state index >= 15 is 0 Å². The molecule has 0 bridgehead atoms. The molecule has 0 amide bonds. The van der Waals surface area contributed by atoms with Crippen LogP contribution < -0.4 is 10.9 Å². The number of nitriles is 1. The summed E-state index contributed by atoms with van der Waals surface area (Å²) in [6, 6.07) is 19.0. The number of anilines is 2. The van der Waals surface area contributed by atoms with Crippen LogP contribution in [0.4, 0.5) is 11.6 Å². The van der Waals surface area contributed by atoms with Gasteiger partial charge < -0.3 is 5.32 Å². The maximum atomic E-state index is 14.0. The second kappa shape index (κ2) is 11.4. The highest BCUT2D eigenvalue weighted by Crippen LogP contribution is 2.32. The molecule has 0 aliphatic carbocycles. The number of unbranched alkanes of at least 4 members (excludes halogenated alkanes) is 3. The molecule has 8 heteroatoms. The van der Waals surface area contributed by atoms with E-state index in [2.05, 4.69) is 18.3 Å². The Bertz CT molecular complexity index is 1430. The number of hydrogen-bond donors (Lipinski definition) is 1. The van der Waals surface area contributed by atoms with E-state index in [1.807, 2.05) is 48.7 Å². The minimum Gasteiger partial charge on any atom is -0.326 e. The molecule has 0 saturated carbocycles. The molecule has 178 valence electrons. The average Bonchev–Trinajstić information content (AvgIpc) is 2.88. The Morgan fingerprint density at radius 2 is 1.80 bits per heavy atom. The summed E-state index contributed by atoms with van der Waals surface area (Å²) in [5, 5.41) is 14.8. The van der Waals surface area contributed by atoms with E-state index in [1.54, 1.807) is 16.7 Å². The van der Waals surface area contributed by atoms with Crippen LogP contribution in [0.15, 0.2) is 64.4 Å². The molecule has 2 aromatic heterocycles. The quantitative estimate of drug-likeness (QED) is 0.195. The number of hydrogen-bond acceptors (Lipinski definition) is 6. The van der Waals surface area contributed by atoms with Gasteiger partial charge in [0, 0.05) is 22.8 Å². The first kappa shape index (κ1) is 24.8. The number of nitrogens with zero attached hydrogens (tertiary/aromatic N) is 4. The summed E-state index contributed by atoms with van der Waals surface area (Å²) in [7, 11) is 0. The predicted octanol–water partition coefficient (Wildman–Crippen LogP) is 7.03. The molecular formula is C27H26ClN5OS. The minimum absolute atomic E-state index is 0.210. The topological polar surface area (TPSA) is 83.6 Å². The molecule has 0 fully saturated rings. The summed E-state index contributed by atoms with van der Waals surface area (Å²) in [4.78, 5) is 23.6. The first-order chi connectivity index (χ1) is 17.1. The van der Waals surface area contributed by atoms with Crippen molar-refractivity contribution in [2.24, 2.45) is 0 Å². The van der Waals surface area contributed by atoms with E-state index in [1.165, 1.54) is 11.8 Å². The first-order valence-electron chi connectivity index (χ1n) is 11.6. The molecule has 0 atom stereocenters. The Hall–Kier alpha value is -3.34. The Balaban J connectivity index is 1.99. The summed E-state index contributed by atoms with van der Waals surface area (Å²) in [6.07, 6.45) is 5.93. The van der Waals surface area contributed by atoms with Crippen LogP contribution in [-0.2, 0) is 6.54 Å². The third kappa shape index (κ3) is 5.34. The second-order valence-electron chi connectivity index (χ2n) is 8.13. The van der Waals surface area contributed by atoms with E-state index in [4.69, 9.17) is 21.6 Å². The lowest BCUT2D eigenvalue weighted by Crippen LogP contribution is -2.25. The van der Waals surface area contributed by atoms with Gasteiger partial charge in [-0.2, -0.15) is 5.26 Å². The number of fused-ring (bicyclic) bond motifs is 1. The van der Waals surface area contributed by atoms with Crippen molar-refractivity contribution < 1.29 is 0 Å². The van der Waals surface area contributed by atoms with E-state index in [0.29, 0.717) is 44.7 Å². The second-order valence-corrected chi connectivity index (χ2v) is 9.36. The standard InChI is InChI=1S/C27H26ClN5OS/c1-3-4-5-9-16-33-26(34)22-23(18-10-7-6-8-11-18)31-25(35-2)21(17-29)24(22)32-27(33)30-20-14-12-19(28)13-15-20/h6-8,10-15H,3-5,9,16H2,1-2H3,(H,30,32). The van der Waals surface area contributed by atoms with Gasteiger partial charge in [0.25, 0.3) is 5.56 Å². The number of nitrogens with one attached hydrogen (secondary N) is 1. The monoisotopic (exact) mass is 503 g/mol. The summed E-state index contributed by atoms with van der Waals surface area (Å²) in [5.74, 6) is 0.398. The zero-order valence-electron chi connectivity index (χ0n) is 19.7. The molecule has 0 spiro atoms. The summed E-state index contributed by atoms with van der Waals surface area (Å²) in [5.41, 5.74) is 2.56. The molecule has 4 rings (SSSR count). The maximum absolute atomic E-state index is 14.0. The van der Waals surface area contributed by atoms with Crippen molar-refractivity contribution in [2.45, 2.75) is 44.2 Å². The normalized spacial score (nSPS) is 10.9. The third-order valence-electron chi connectivity index (χ3n) is 5.76. The highest BCUT2D eigenvalue weighted by Gasteiger charge is 2.22. The number of thioether (sulfide) groups is 1. The van der Waals surface area contributed by atoms with Gasteiger partial charge in [0.15, 0.2) is 0 Å². The highest BCUT2D eigenvalue weighted by molar-refractivity contribution is 7.98. The fraction of sp³-hybridized carbons (Fsp3) is 0.259. The van der Waals surface area contributed by atoms with Gasteiger partial charge in [-0.25, -0.2) is 9.97 Å². The van der Waals surface area contributed by atoms with Crippen molar-refractivity contribution in [1.82, 2.24) is 14.5 Å². The molecule has 6 nitrogen and oxygen atoms in total. The fourth-order valence-corrected chi connectivity index (χ4v) is 4.63. The Kier molecular flexibility index (Phi) is 8.06. The smallest absolute Gasteiger partial charge is 0.265 e. The Morgan fingerprint density at radius 1 is 1.06 bits per heavy atom. The Morgan fingerprint density at radius 3 is 2.46 bits per heavy atom. The molecule has 2 aromatic carbocycles. The van der Waals surface area contributed by atoms with Crippen molar-refractivity contribution in [2.75, 3.05) is 11.6 Å². The minimum atomic E-state index is -0.210. The SMILES string of the molecule is CCCCCCn1c(Nc2ccc(Cl)cc2)nc2c(C#N)c(SC)nc(-c3ccccc3)c2c1=O. The summed E-state index contributed by atoms with van der Waals surface area (Å²) < 4.78 is 1.67. The van der Waals surface area contributed by atoms with Crippen LogP contribution in [0, 0.1) is 11.3 Å². The molecule has 2 heterocycles. The van der Waals surface area contributed by atoms with Gasteiger partial charge in [-0.05, 0) is 36.9 Å². The molecule has 0 aliphatic rings. The molecule has 4 aromatic rings. The van der Waals surface area contributed by atoms with Crippen molar-refractivity contribution >= 4 is 45.9 Å². The first-order valence-corrected chi connectivity index (χ1v) is 13.2. The van der Waals surface area contributed by atoms with Gasteiger partial charge in [0.1, 0.15) is 22.2 Å². The van der Waals surface area contributed by atoms with Crippen molar-refractivity contribution in [1.29, 1.82) is 5.26 Å². The lowest BCUT2D eigenvalue weighted by molar-refractivity contribution is 0.573. The lowest BCUT2D eigenvalue weighted by atomic mass is 10.1. The van der Waals surface area contributed by atoms with Gasteiger partial charge >= 0.3 is 0 Å². The van der Waals surface area contributed by atoms with Crippen molar-refractivity contribution in [3.8, 4) is 17.3 Å². The number of pyridine rings is 1. The molecule has 0 unspecified atom stereocenters. The average molecular weight is 504 g/mol. The molecule has 35 heavy (non-hydrogen) atoms. The van der Waals surface area contributed by atoms with Gasteiger partial charge in [-0.1, -0.05) is 68.1 Å². The van der Waals surface area contributed by atoms with Crippen LogP contribution in [0.2, 0.25) is 5.02 Å². The number of halogens is 1. The van der Waals surface area contributed by atoms with Gasteiger partial charge in [-0.3, -0.25) is 9.36 Å². The molecule has 1 N–H and O–H groups in total. The van der Waals surface area contributed by atoms with Crippen LogP contribution in [0.25, 0.3) is 22.2 Å².